The van der Waals surface area contributed by atoms with Crippen molar-refractivity contribution in [3.05, 3.63) is 18.0 Å². The van der Waals surface area contributed by atoms with E-state index in [1.54, 1.807) is 0 Å². The number of nitrogens with zero attached hydrogens (tertiary/aromatic N) is 1. The summed E-state index contributed by atoms with van der Waals surface area (Å²) in [6, 6.07) is 0.525. The summed E-state index contributed by atoms with van der Waals surface area (Å²) in [4.78, 5) is 40.6. The number of hydrogen-bond acceptors (Lipinski definition) is 9. The first-order valence-corrected chi connectivity index (χ1v) is 11.4. The molecule has 0 spiro atoms. The fraction of sp³-hybridized carbons (Fsp3) is 0.667. The molecule has 0 aliphatic carbocycles. The van der Waals surface area contributed by atoms with E-state index in [2.05, 4.69) is 24.1 Å². The predicted octanol–water partition coefficient (Wildman–Crippen LogP) is 3.13. The minimum absolute atomic E-state index is 0.0160. The van der Waals surface area contributed by atoms with Crippen molar-refractivity contribution in [2.24, 2.45) is 11.8 Å². The van der Waals surface area contributed by atoms with Gasteiger partial charge in [-0.05, 0) is 32.1 Å². The molecule has 1 amide bonds. The van der Waals surface area contributed by atoms with Gasteiger partial charge in [-0.2, -0.15) is 0 Å². The lowest BCUT2D eigenvalue weighted by molar-refractivity contribution is -0.162. The second-order valence-corrected chi connectivity index (χ2v) is 8.69. The Bertz CT molecular complexity index is 812. The van der Waals surface area contributed by atoms with E-state index in [1.165, 1.54) is 33.2 Å². The molecule has 0 radical (unpaired) electrons. The monoisotopic (exact) mass is 482 g/mol. The molecule has 1 heterocycles. The number of methoxy groups -OCH3 is 1. The average Bonchev–Trinajstić information content (AvgIpc) is 2.76. The molecule has 10 heteroatoms. The molecule has 1 aromatic heterocycles. The van der Waals surface area contributed by atoms with Crippen molar-refractivity contribution in [1.82, 2.24) is 10.3 Å². The predicted molar refractivity (Wildman–Crippen MR) is 125 cm³/mol. The smallest absolute Gasteiger partial charge is 0.328 e. The second kappa shape index (κ2) is 14.4. The summed E-state index contributed by atoms with van der Waals surface area (Å²) in [5.41, 5.74) is -0.128. The van der Waals surface area contributed by atoms with Crippen LogP contribution in [0.4, 0.5) is 0 Å². The number of amides is 1. The number of nitrogens with one attached hydrogen (secondary N) is 1. The van der Waals surface area contributed by atoms with Crippen molar-refractivity contribution in [1.29, 1.82) is 0 Å². The van der Waals surface area contributed by atoms with Crippen LogP contribution in [0, 0.1) is 11.8 Å². The van der Waals surface area contributed by atoms with Crippen molar-refractivity contribution >= 4 is 17.8 Å². The van der Waals surface area contributed by atoms with Gasteiger partial charge < -0.3 is 29.0 Å². The van der Waals surface area contributed by atoms with E-state index in [-0.39, 0.29) is 29.2 Å². The largest absolute Gasteiger partial charge is 0.493 e. The molecular weight excluding hydrogens is 444 g/mol. The third-order valence-electron chi connectivity index (χ3n) is 4.92. The number of pyridine rings is 1. The zero-order valence-electron chi connectivity index (χ0n) is 21.4. The van der Waals surface area contributed by atoms with Crippen LogP contribution in [0.1, 0.15) is 65.4 Å². The van der Waals surface area contributed by atoms with Crippen LogP contribution in [0.2, 0.25) is 0 Å². The van der Waals surface area contributed by atoms with Gasteiger partial charge in [-0.25, -0.2) is 9.78 Å². The number of carbonyl (C=O) groups excluding carboxylic acids is 3. The Hall–Kier alpha value is -2.88. The first-order valence-electron chi connectivity index (χ1n) is 11.4. The number of hydrogen-bond donors (Lipinski definition) is 1. The summed E-state index contributed by atoms with van der Waals surface area (Å²) in [5, 5.41) is 2.57. The maximum absolute atomic E-state index is 12.9. The molecule has 0 fully saturated rings. The van der Waals surface area contributed by atoms with Crippen LogP contribution in [0.25, 0.3) is 0 Å². The third-order valence-corrected chi connectivity index (χ3v) is 4.92. The maximum Gasteiger partial charge on any atom is 0.328 e. The van der Waals surface area contributed by atoms with Gasteiger partial charge in [0.05, 0.1) is 13.2 Å². The topological polar surface area (TPSA) is 122 Å². The molecular formula is C24H38N2O8. The summed E-state index contributed by atoms with van der Waals surface area (Å²) >= 11 is 0. The first kappa shape index (κ1) is 29.2. The zero-order valence-corrected chi connectivity index (χ0v) is 21.4. The van der Waals surface area contributed by atoms with Crippen LogP contribution in [0.3, 0.4) is 0 Å². The Kier molecular flexibility index (Phi) is 12.3. The molecule has 0 unspecified atom stereocenters. The van der Waals surface area contributed by atoms with E-state index in [4.69, 9.17) is 23.7 Å². The van der Waals surface area contributed by atoms with Gasteiger partial charge in [0.2, 0.25) is 6.79 Å². The molecule has 0 saturated carbocycles. The first-order chi connectivity index (χ1) is 16.0. The third kappa shape index (κ3) is 9.54. The van der Waals surface area contributed by atoms with Crippen LogP contribution in [0.15, 0.2) is 12.3 Å². The highest BCUT2D eigenvalue weighted by molar-refractivity contribution is 5.98. The number of rotatable bonds is 14. The van der Waals surface area contributed by atoms with Crippen LogP contribution in [0.5, 0.6) is 11.5 Å². The van der Waals surface area contributed by atoms with E-state index >= 15 is 0 Å². The van der Waals surface area contributed by atoms with Gasteiger partial charge in [0, 0.05) is 25.8 Å². The lowest BCUT2D eigenvalue weighted by Crippen LogP contribution is -2.44. The lowest BCUT2D eigenvalue weighted by atomic mass is 10.0. The molecule has 10 nitrogen and oxygen atoms in total. The zero-order chi connectivity index (χ0) is 25.8. The van der Waals surface area contributed by atoms with Crippen molar-refractivity contribution in [2.45, 2.75) is 73.1 Å². The van der Waals surface area contributed by atoms with E-state index in [9.17, 15) is 14.4 Å². The molecule has 3 atom stereocenters. The van der Waals surface area contributed by atoms with E-state index in [1.807, 2.05) is 20.8 Å². The van der Waals surface area contributed by atoms with Crippen LogP contribution in [-0.4, -0.2) is 61.6 Å². The molecule has 1 N–H and O–H groups in total. The average molecular weight is 483 g/mol. The van der Waals surface area contributed by atoms with Gasteiger partial charge in [-0.1, -0.05) is 27.7 Å². The van der Waals surface area contributed by atoms with Gasteiger partial charge in [-0.15, -0.1) is 0 Å². The highest BCUT2D eigenvalue weighted by Gasteiger charge is 2.30. The Morgan fingerprint density at radius 2 is 1.76 bits per heavy atom. The Morgan fingerprint density at radius 1 is 1.09 bits per heavy atom. The molecule has 0 saturated heterocycles. The molecule has 1 aromatic rings. The van der Waals surface area contributed by atoms with E-state index in [0.29, 0.717) is 12.5 Å². The van der Waals surface area contributed by atoms with Crippen LogP contribution >= 0.6 is 0 Å². The quantitative estimate of drug-likeness (QED) is 0.315. The highest BCUT2D eigenvalue weighted by atomic mass is 16.7. The van der Waals surface area contributed by atoms with Crippen molar-refractivity contribution in [2.75, 3.05) is 20.5 Å². The summed E-state index contributed by atoms with van der Waals surface area (Å²) in [6.07, 6.45) is 1.49. The van der Waals surface area contributed by atoms with E-state index in [0.717, 1.165) is 6.42 Å². The number of aromatic nitrogens is 1. The van der Waals surface area contributed by atoms with Gasteiger partial charge in [-0.3, -0.25) is 9.59 Å². The summed E-state index contributed by atoms with van der Waals surface area (Å²) in [5.74, 6) is -1.10. The molecule has 0 bridgehead atoms. The van der Waals surface area contributed by atoms with Crippen molar-refractivity contribution in [3.63, 3.8) is 0 Å². The summed E-state index contributed by atoms with van der Waals surface area (Å²) in [7, 11) is 1.39. The van der Waals surface area contributed by atoms with Gasteiger partial charge in [0.15, 0.2) is 17.2 Å². The fourth-order valence-corrected chi connectivity index (χ4v) is 2.98. The van der Waals surface area contributed by atoms with Gasteiger partial charge >= 0.3 is 11.9 Å². The standard InChI is InChI=1S/C24H38N2O8/c1-14(2)10-12-31-17(6)21(15(3)4)34-24(29)16(5)26-23(28)20-22(33-13-32-18(7)27)19(30-8)9-11-25-20/h9,11,14-17,21H,10,12-13H2,1-8H3,(H,26,28)/t16-,17-,21+/m0/s1. The second-order valence-electron chi connectivity index (χ2n) is 8.69. The van der Waals surface area contributed by atoms with Crippen molar-refractivity contribution < 1.29 is 38.1 Å². The fourth-order valence-electron chi connectivity index (χ4n) is 2.98. The summed E-state index contributed by atoms with van der Waals surface area (Å²) < 4.78 is 26.9. The molecule has 34 heavy (non-hydrogen) atoms. The summed E-state index contributed by atoms with van der Waals surface area (Å²) in [6.45, 7) is 12.9. The number of esters is 2. The van der Waals surface area contributed by atoms with Gasteiger partial charge in [0.1, 0.15) is 12.1 Å². The van der Waals surface area contributed by atoms with Crippen LogP contribution < -0.4 is 14.8 Å². The molecule has 1 rings (SSSR count). The lowest BCUT2D eigenvalue weighted by Gasteiger charge is -2.29. The highest BCUT2D eigenvalue weighted by Crippen LogP contribution is 2.29. The molecule has 0 aliphatic rings. The normalized spacial score (nSPS) is 13.7. The minimum atomic E-state index is -0.967. The molecule has 0 aliphatic heterocycles. The number of carbonyl (C=O) groups is 3. The maximum atomic E-state index is 12.9. The Balaban J connectivity index is 2.86. The van der Waals surface area contributed by atoms with E-state index < -0.39 is 36.8 Å². The Labute approximate surface area is 201 Å². The Morgan fingerprint density at radius 3 is 2.32 bits per heavy atom. The van der Waals surface area contributed by atoms with Crippen LogP contribution in [-0.2, 0) is 23.8 Å². The van der Waals surface area contributed by atoms with Crippen molar-refractivity contribution in [3.8, 4) is 11.5 Å². The minimum Gasteiger partial charge on any atom is -0.493 e. The van der Waals surface area contributed by atoms with Gasteiger partial charge in [0.25, 0.3) is 5.91 Å². The SMILES string of the molecule is COc1ccnc(C(=O)N[C@@H](C)C(=O)O[C@H](C(C)C)[C@H](C)OCCC(C)C)c1OCOC(C)=O. The molecule has 192 valence electrons. The molecule has 0 aromatic carbocycles. The number of ether oxygens (including phenoxy) is 5.